The minimum absolute atomic E-state index is 0.333. The molecular weight excluding hydrogens is 321 g/mol. The van der Waals surface area contributed by atoms with Crippen molar-refractivity contribution >= 4 is 17.9 Å². The van der Waals surface area contributed by atoms with Gasteiger partial charge in [0.15, 0.2) is 0 Å². The Labute approximate surface area is 138 Å². The summed E-state index contributed by atoms with van der Waals surface area (Å²) in [6.45, 7) is -0.393. The monoisotopic (exact) mass is 335 g/mol. The highest BCUT2D eigenvalue weighted by molar-refractivity contribution is 6.30. The van der Waals surface area contributed by atoms with Crippen LogP contribution >= 0.6 is 11.6 Å². The van der Waals surface area contributed by atoms with Crippen LogP contribution in [0.15, 0.2) is 48.5 Å². The maximum Gasteiger partial charge on any atom is 0.211 e. The third-order valence-corrected chi connectivity index (χ3v) is 3.93. The number of nitro groups is 1. The van der Waals surface area contributed by atoms with Gasteiger partial charge in [0.05, 0.1) is 5.92 Å². The summed E-state index contributed by atoms with van der Waals surface area (Å²) >= 11 is 5.93. The molecule has 120 valence electrons. The van der Waals surface area contributed by atoms with Crippen molar-refractivity contribution in [2.45, 2.75) is 12.3 Å². The zero-order chi connectivity index (χ0) is 16.8. The Morgan fingerprint density at radius 2 is 1.91 bits per heavy atom. The number of hydrogen-bond donors (Lipinski definition) is 0. The van der Waals surface area contributed by atoms with E-state index < -0.39 is 29.1 Å². The largest absolute Gasteiger partial charge is 0.303 e. The summed E-state index contributed by atoms with van der Waals surface area (Å²) in [5.74, 6) is -1.64. The number of carbonyl (C=O) groups is 1. The Morgan fingerprint density at radius 3 is 2.48 bits per heavy atom. The predicted octanol–water partition coefficient (Wildman–Crippen LogP) is 3.90. The van der Waals surface area contributed by atoms with Gasteiger partial charge in [-0.2, -0.15) is 0 Å². The number of hydrogen-bond acceptors (Lipinski definition) is 3. The normalized spacial score (nSPS) is 13.3. The minimum atomic E-state index is -0.623. The Morgan fingerprint density at radius 1 is 1.22 bits per heavy atom. The third kappa shape index (κ3) is 4.86. The van der Waals surface area contributed by atoms with Crippen molar-refractivity contribution in [2.75, 3.05) is 6.54 Å². The fourth-order valence-electron chi connectivity index (χ4n) is 2.58. The van der Waals surface area contributed by atoms with Crippen molar-refractivity contribution in [3.8, 4) is 0 Å². The average molecular weight is 336 g/mol. The van der Waals surface area contributed by atoms with Crippen molar-refractivity contribution in [1.29, 1.82) is 0 Å². The molecule has 0 aliphatic carbocycles. The molecule has 0 fully saturated rings. The number of nitrogens with zero attached hydrogens (tertiary/aromatic N) is 1. The second kappa shape index (κ2) is 7.83. The van der Waals surface area contributed by atoms with Crippen LogP contribution in [0.25, 0.3) is 0 Å². The molecule has 0 saturated carbocycles. The predicted molar refractivity (Wildman–Crippen MR) is 85.7 cm³/mol. The first kappa shape index (κ1) is 17.1. The quantitative estimate of drug-likeness (QED) is 0.438. The molecule has 0 aromatic heterocycles. The first-order chi connectivity index (χ1) is 11.0. The van der Waals surface area contributed by atoms with Crippen molar-refractivity contribution < 1.29 is 14.1 Å². The van der Waals surface area contributed by atoms with Gasteiger partial charge >= 0.3 is 0 Å². The van der Waals surface area contributed by atoms with Crippen LogP contribution in [-0.2, 0) is 11.2 Å². The Kier molecular flexibility index (Phi) is 5.82. The Hall–Kier alpha value is -2.27. The lowest BCUT2D eigenvalue weighted by molar-refractivity contribution is -0.484. The highest BCUT2D eigenvalue weighted by atomic mass is 35.5. The molecule has 2 atom stereocenters. The summed E-state index contributed by atoms with van der Waals surface area (Å²) in [4.78, 5) is 22.0. The molecule has 2 rings (SSSR count). The number of carbonyl (C=O) groups excluding carboxylic acids is 1. The van der Waals surface area contributed by atoms with E-state index in [2.05, 4.69) is 0 Å². The maximum absolute atomic E-state index is 13.1. The van der Waals surface area contributed by atoms with E-state index in [1.807, 2.05) is 6.07 Å². The zero-order valence-corrected chi connectivity index (χ0v) is 12.9. The van der Waals surface area contributed by atoms with Gasteiger partial charge < -0.3 is 4.79 Å². The molecule has 2 aromatic carbocycles. The summed E-state index contributed by atoms with van der Waals surface area (Å²) in [7, 11) is 0. The number of aldehydes is 1. The van der Waals surface area contributed by atoms with Crippen molar-refractivity contribution in [3.05, 3.63) is 80.6 Å². The third-order valence-electron chi connectivity index (χ3n) is 3.70. The van der Waals surface area contributed by atoms with Crippen LogP contribution in [0.1, 0.15) is 17.0 Å². The Balaban J connectivity index is 2.29. The fourth-order valence-corrected chi connectivity index (χ4v) is 2.79. The van der Waals surface area contributed by atoms with Gasteiger partial charge in [-0.1, -0.05) is 35.9 Å². The van der Waals surface area contributed by atoms with Gasteiger partial charge in [0.2, 0.25) is 6.54 Å². The van der Waals surface area contributed by atoms with E-state index in [0.717, 1.165) is 11.8 Å². The lowest BCUT2D eigenvalue weighted by Crippen LogP contribution is -2.24. The first-order valence-corrected chi connectivity index (χ1v) is 7.44. The summed E-state index contributed by atoms with van der Waals surface area (Å²) < 4.78 is 13.1. The molecule has 0 spiro atoms. The van der Waals surface area contributed by atoms with E-state index in [0.29, 0.717) is 17.0 Å². The van der Waals surface area contributed by atoms with Crippen LogP contribution in [-0.4, -0.2) is 17.8 Å². The van der Waals surface area contributed by atoms with Crippen LogP contribution in [0.2, 0.25) is 5.02 Å². The maximum atomic E-state index is 13.1. The highest BCUT2D eigenvalue weighted by Crippen LogP contribution is 2.28. The summed E-state index contributed by atoms with van der Waals surface area (Å²) in [5.41, 5.74) is 1.40. The molecule has 0 amide bonds. The van der Waals surface area contributed by atoms with Gasteiger partial charge in [0, 0.05) is 15.9 Å². The number of rotatable bonds is 7. The molecule has 0 saturated heterocycles. The van der Waals surface area contributed by atoms with E-state index in [1.165, 1.54) is 24.3 Å². The van der Waals surface area contributed by atoms with Gasteiger partial charge in [-0.15, -0.1) is 0 Å². The van der Waals surface area contributed by atoms with E-state index in [9.17, 15) is 19.3 Å². The molecule has 0 heterocycles. The molecule has 0 aliphatic heterocycles. The average Bonchev–Trinajstić information content (AvgIpc) is 2.51. The Bertz CT molecular complexity index is 690. The molecule has 0 N–H and O–H groups in total. The van der Waals surface area contributed by atoms with Crippen LogP contribution < -0.4 is 0 Å². The van der Waals surface area contributed by atoms with Crippen molar-refractivity contribution in [1.82, 2.24) is 0 Å². The van der Waals surface area contributed by atoms with Gasteiger partial charge in [-0.25, -0.2) is 4.39 Å². The molecule has 4 nitrogen and oxygen atoms in total. The summed E-state index contributed by atoms with van der Waals surface area (Å²) in [6.07, 6.45) is 1.05. The molecule has 0 radical (unpaired) electrons. The molecule has 0 bridgehead atoms. The number of benzene rings is 2. The fraction of sp³-hybridized carbons (Fsp3) is 0.235. The second-order valence-electron chi connectivity index (χ2n) is 5.31. The smallest absolute Gasteiger partial charge is 0.211 e. The molecular formula is C17H15ClFNO3. The molecule has 0 aliphatic rings. The van der Waals surface area contributed by atoms with Crippen molar-refractivity contribution in [2.24, 2.45) is 5.92 Å². The van der Waals surface area contributed by atoms with Gasteiger partial charge in [-0.05, 0) is 41.8 Å². The molecule has 23 heavy (non-hydrogen) atoms. The molecule has 0 unspecified atom stereocenters. The van der Waals surface area contributed by atoms with Crippen LogP contribution in [0, 0.1) is 21.8 Å². The standard InChI is InChI=1S/C17H15ClFNO3/c18-15-3-1-2-12(9-15)8-14(11-21)17(10-20(22)23)13-4-6-16(19)7-5-13/h1-7,9,11,14,17H,8,10H2/t14-,17+/m0/s1. The van der Waals surface area contributed by atoms with Crippen LogP contribution in [0.5, 0.6) is 0 Å². The van der Waals surface area contributed by atoms with Crippen molar-refractivity contribution in [3.63, 3.8) is 0 Å². The van der Waals surface area contributed by atoms with Crippen LogP contribution in [0.4, 0.5) is 4.39 Å². The highest BCUT2D eigenvalue weighted by Gasteiger charge is 2.28. The second-order valence-corrected chi connectivity index (χ2v) is 5.74. The SMILES string of the molecule is O=C[C@H](Cc1cccc(Cl)c1)[C@H](C[N+](=O)[O-])c1ccc(F)cc1. The zero-order valence-electron chi connectivity index (χ0n) is 12.2. The van der Waals surface area contributed by atoms with E-state index >= 15 is 0 Å². The molecule has 2 aromatic rings. The van der Waals surface area contributed by atoms with E-state index in [1.54, 1.807) is 18.2 Å². The van der Waals surface area contributed by atoms with Crippen LogP contribution in [0.3, 0.4) is 0 Å². The lowest BCUT2D eigenvalue weighted by Gasteiger charge is -2.20. The lowest BCUT2D eigenvalue weighted by atomic mass is 9.83. The van der Waals surface area contributed by atoms with E-state index in [-0.39, 0.29) is 0 Å². The van der Waals surface area contributed by atoms with Gasteiger partial charge in [0.1, 0.15) is 12.1 Å². The van der Waals surface area contributed by atoms with Gasteiger partial charge in [0.25, 0.3) is 0 Å². The topological polar surface area (TPSA) is 60.2 Å². The minimum Gasteiger partial charge on any atom is -0.303 e. The first-order valence-electron chi connectivity index (χ1n) is 7.06. The van der Waals surface area contributed by atoms with E-state index in [4.69, 9.17) is 11.6 Å². The van der Waals surface area contributed by atoms with Gasteiger partial charge in [-0.3, -0.25) is 10.1 Å². The number of halogens is 2. The summed E-state index contributed by atoms with van der Waals surface area (Å²) in [6, 6.07) is 12.5. The molecule has 6 heteroatoms. The summed E-state index contributed by atoms with van der Waals surface area (Å²) in [5, 5.41) is 11.5.